The van der Waals surface area contributed by atoms with Gasteiger partial charge in [-0.2, -0.15) is 0 Å². The molecule has 5 rings (SSSR count). The highest BCUT2D eigenvalue weighted by molar-refractivity contribution is 5.75. The third-order valence-electron chi connectivity index (χ3n) is 6.12. The van der Waals surface area contributed by atoms with Gasteiger partial charge in [0.1, 0.15) is 0 Å². The predicted octanol–water partition coefficient (Wildman–Crippen LogP) is 2.77. The van der Waals surface area contributed by atoms with Crippen LogP contribution < -0.4 is 5.32 Å². The van der Waals surface area contributed by atoms with Crippen molar-refractivity contribution in [3.05, 3.63) is 0 Å². The van der Waals surface area contributed by atoms with E-state index in [0.717, 1.165) is 30.8 Å². The second-order valence-corrected chi connectivity index (χ2v) is 8.29. The Morgan fingerprint density at radius 2 is 1.48 bits per heavy atom. The third kappa shape index (κ3) is 2.56. The Bertz CT molecular complexity index is 391. The Hall–Kier alpha value is -0.770. The fourth-order valence-electron chi connectivity index (χ4n) is 5.91. The Balaban J connectivity index is 1.44. The number of ether oxygens (including phenoxy) is 1. The molecule has 4 heteroatoms. The van der Waals surface area contributed by atoms with Crippen molar-refractivity contribution in [1.82, 2.24) is 10.2 Å². The molecular weight excluding hydrogens is 264 g/mol. The highest BCUT2D eigenvalue weighted by Gasteiger charge is 2.52. The molecule has 1 saturated heterocycles. The number of rotatable bonds is 1. The van der Waals surface area contributed by atoms with Gasteiger partial charge in [0.15, 0.2) is 0 Å². The predicted molar refractivity (Wildman–Crippen MR) is 81.0 cm³/mol. The van der Waals surface area contributed by atoms with Gasteiger partial charge >= 0.3 is 6.03 Å². The quantitative estimate of drug-likeness (QED) is 0.807. The maximum absolute atomic E-state index is 12.7. The number of hydrogen-bond acceptors (Lipinski definition) is 2. The SMILES string of the molecule is CC1CN(C(=O)NC23CC4CC(CC(C4)C2)C3)CC(C)O1. The smallest absolute Gasteiger partial charge is 0.318 e. The summed E-state index contributed by atoms with van der Waals surface area (Å²) >= 11 is 0. The topological polar surface area (TPSA) is 41.6 Å². The first-order valence-corrected chi connectivity index (χ1v) is 8.74. The molecule has 0 aromatic rings. The first-order chi connectivity index (χ1) is 10.0. The molecule has 0 aromatic heterocycles. The van der Waals surface area contributed by atoms with Crippen LogP contribution in [-0.4, -0.2) is 41.8 Å². The van der Waals surface area contributed by atoms with Crippen LogP contribution in [0.2, 0.25) is 0 Å². The molecule has 5 aliphatic rings. The van der Waals surface area contributed by atoms with E-state index in [4.69, 9.17) is 4.74 Å². The van der Waals surface area contributed by atoms with E-state index in [9.17, 15) is 4.79 Å². The van der Waals surface area contributed by atoms with E-state index < -0.39 is 0 Å². The lowest BCUT2D eigenvalue weighted by atomic mass is 9.53. The zero-order chi connectivity index (χ0) is 14.6. The summed E-state index contributed by atoms with van der Waals surface area (Å²) in [5.74, 6) is 2.62. The van der Waals surface area contributed by atoms with E-state index in [1.165, 1.54) is 38.5 Å². The molecule has 1 N–H and O–H groups in total. The molecule has 4 saturated carbocycles. The van der Waals surface area contributed by atoms with Crippen molar-refractivity contribution >= 4 is 6.03 Å². The second kappa shape index (κ2) is 4.87. The van der Waals surface area contributed by atoms with E-state index in [1.54, 1.807) is 0 Å². The summed E-state index contributed by atoms with van der Waals surface area (Å²) in [5.41, 5.74) is 0.122. The van der Waals surface area contributed by atoms with Gasteiger partial charge in [0.25, 0.3) is 0 Å². The largest absolute Gasteiger partial charge is 0.372 e. The normalized spacial score (nSPS) is 48.5. The lowest BCUT2D eigenvalue weighted by Gasteiger charge is -2.57. The highest BCUT2D eigenvalue weighted by atomic mass is 16.5. The van der Waals surface area contributed by atoms with Gasteiger partial charge in [0, 0.05) is 18.6 Å². The molecule has 4 nitrogen and oxygen atoms in total. The molecule has 118 valence electrons. The van der Waals surface area contributed by atoms with Crippen LogP contribution in [-0.2, 0) is 4.74 Å². The van der Waals surface area contributed by atoms with Gasteiger partial charge in [-0.3, -0.25) is 0 Å². The van der Waals surface area contributed by atoms with Gasteiger partial charge in [-0.05, 0) is 70.1 Å². The zero-order valence-corrected chi connectivity index (χ0v) is 13.3. The maximum atomic E-state index is 12.7. The summed E-state index contributed by atoms with van der Waals surface area (Å²) in [6.07, 6.45) is 8.22. The van der Waals surface area contributed by atoms with Gasteiger partial charge in [0.05, 0.1) is 12.2 Å². The Labute approximate surface area is 127 Å². The van der Waals surface area contributed by atoms with Crippen molar-refractivity contribution in [2.24, 2.45) is 17.8 Å². The number of hydrogen-bond donors (Lipinski definition) is 1. The van der Waals surface area contributed by atoms with Gasteiger partial charge in [-0.25, -0.2) is 4.79 Å². The third-order valence-corrected chi connectivity index (χ3v) is 6.12. The molecule has 1 aliphatic heterocycles. The van der Waals surface area contributed by atoms with Gasteiger partial charge in [0.2, 0.25) is 0 Å². The summed E-state index contributed by atoms with van der Waals surface area (Å²) < 4.78 is 5.74. The van der Waals surface area contributed by atoms with Gasteiger partial charge < -0.3 is 15.0 Å². The van der Waals surface area contributed by atoms with Crippen LogP contribution >= 0.6 is 0 Å². The molecule has 2 atom stereocenters. The second-order valence-electron chi connectivity index (χ2n) is 8.29. The van der Waals surface area contributed by atoms with Crippen LogP contribution in [0.25, 0.3) is 0 Å². The molecule has 2 amide bonds. The first-order valence-electron chi connectivity index (χ1n) is 8.74. The standard InChI is InChI=1S/C17H28N2O2/c1-11-9-19(10-12(2)21-11)16(20)18-17-6-13-3-14(7-17)5-15(4-13)8-17/h11-15H,3-10H2,1-2H3,(H,18,20). The van der Waals surface area contributed by atoms with Gasteiger partial charge in [-0.1, -0.05) is 0 Å². The van der Waals surface area contributed by atoms with Crippen LogP contribution in [0.4, 0.5) is 4.79 Å². The first kappa shape index (κ1) is 13.9. The average molecular weight is 292 g/mol. The zero-order valence-electron chi connectivity index (χ0n) is 13.3. The Morgan fingerprint density at radius 1 is 1.00 bits per heavy atom. The minimum Gasteiger partial charge on any atom is -0.372 e. The molecule has 4 aliphatic carbocycles. The maximum Gasteiger partial charge on any atom is 0.318 e. The number of carbonyl (C=O) groups excluding carboxylic acids is 1. The van der Waals surface area contributed by atoms with E-state index in [1.807, 2.05) is 4.90 Å². The van der Waals surface area contributed by atoms with Crippen LogP contribution in [0.15, 0.2) is 0 Å². The summed E-state index contributed by atoms with van der Waals surface area (Å²) in [6.45, 7) is 5.56. The molecule has 0 radical (unpaired) electrons. The number of nitrogens with zero attached hydrogens (tertiary/aromatic N) is 1. The molecule has 2 unspecified atom stereocenters. The number of morpholine rings is 1. The molecular formula is C17H28N2O2. The molecule has 4 bridgehead atoms. The summed E-state index contributed by atoms with van der Waals surface area (Å²) in [5, 5.41) is 3.47. The fraction of sp³-hybridized carbons (Fsp3) is 0.941. The Morgan fingerprint density at radius 3 is 1.95 bits per heavy atom. The molecule has 1 heterocycles. The van der Waals surface area contributed by atoms with E-state index >= 15 is 0 Å². The van der Waals surface area contributed by atoms with Crippen molar-refractivity contribution in [2.75, 3.05) is 13.1 Å². The summed E-state index contributed by atoms with van der Waals surface area (Å²) in [6, 6.07) is 0.152. The minimum atomic E-state index is 0.122. The number of urea groups is 1. The van der Waals surface area contributed by atoms with Crippen LogP contribution in [0, 0.1) is 17.8 Å². The van der Waals surface area contributed by atoms with Gasteiger partial charge in [-0.15, -0.1) is 0 Å². The Kier molecular flexibility index (Phi) is 3.21. The van der Waals surface area contributed by atoms with Crippen LogP contribution in [0.5, 0.6) is 0 Å². The number of carbonyl (C=O) groups is 1. The van der Waals surface area contributed by atoms with Crippen molar-refractivity contribution in [3.8, 4) is 0 Å². The lowest BCUT2D eigenvalue weighted by Crippen LogP contribution is -2.63. The molecule has 21 heavy (non-hydrogen) atoms. The number of amides is 2. The van der Waals surface area contributed by atoms with Crippen molar-refractivity contribution in [3.63, 3.8) is 0 Å². The molecule has 0 spiro atoms. The highest BCUT2D eigenvalue weighted by Crippen LogP contribution is 2.55. The monoisotopic (exact) mass is 292 g/mol. The lowest BCUT2D eigenvalue weighted by molar-refractivity contribution is -0.0593. The average Bonchev–Trinajstić information content (AvgIpc) is 2.35. The van der Waals surface area contributed by atoms with E-state index in [2.05, 4.69) is 19.2 Å². The molecule has 0 aromatic carbocycles. The van der Waals surface area contributed by atoms with Crippen molar-refractivity contribution in [1.29, 1.82) is 0 Å². The minimum absolute atomic E-state index is 0.122. The van der Waals surface area contributed by atoms with E-state index in [0.29, 0.717) is 0 Å². The van der Waals surface area contributed by atoms with Crippen LogP contribution in [0.3, 0.4) is 0 Å². The molecule has 5 fully saturated rings. The van der Waals surface area contributed by atoms with Crippen LogP contribution in [0.1, 0.15) is 52.4 Å². The van der Waals surface area contributed by atoms with E-state index in [-0.39, 0.29) is 23.8 Å². The number of nitrogens with one attached hydrogen (secondary N) is 1. The summed E-state index contributed by atoms with van der Waals surface area (Å²) in [4.78, 5) is 14.7. The van der Waals surface area contributed by atoms with Crippen molar-refractivity contribution in [2.45, 2.75) is 70.1 Å². The van der Waals surface area contributed by atoms with Crippen molar-refractivity contribution < 1.29 is 9.53 Å². The fourth-order valence-corrected chi connectivity index (χ4v) is 5.91. The summed E-state index contributed by atoms with van der Waals surface area (Å²) in [7, 11) is 0.